The summed E-state index contributed by atoms with van der Waals surface area (Å²) in [4.78, 5) is 0. The zero-order chi connectivity index (χ0) is 13.4. The number of nitrogens with two attached hydrogens (primary N) is 1. The van der Waals surface area contributed by atoms with Crippen molar-refractivity contribution in [1.29, 1.82) is 0 Å². The molecule has 4 nitrogen and oxygen atoms in total. The second kappa shape index (κ2) is 7.51. The molecule has 0 amide bonds. The van der Waals surface area contributed by atoms with E-state index in [0.717, 1.165) is 5.56 Å². The Morgan fingerprint density at radius 2 is 1.94 bits per heavy atom. The van der Waals surface area contributed by atoms with Gasteiger partial charge in [0.05, 0.1) is 11.0 Å². The van der Waals surface area contributed by atoms with E-state index >= 15 is 0 Å². The number of hydrogen-bond acceptors (Lipinski definition) is 4. The third-order valence-corrected chi connectivity index (χ3v) is 5.04. The lowest BCUT2D eigenvalue weighted by molar-refractivity contribution is 0.199. The third-order valence-electron chi connectivity index (χ3n) is 2.81. The SMILES string of the molecule is COCCCS(=O)(=O)C(CCN)c1ccccc1. The molecule has 1 rings (SSSR count). The van der Waals surface area contributed by atoms with Gasteiger partial charge in [-0.2, -0.15) is 0 Å². The number of hydrogen-bond donors (Lipinski definition) is 1. The molecule has 0 bridgehead atoms. The minimum absolute atomic E-state index is 0.139. The van der Waals surface area contributed by atoms with Crippen LogP contribution in [0.25, 0.3) is 0 Å². The molecule has 1 unspecified atom stereocenters. The first kappa shape index (κ1) is 15.1. The fourth-order valence-electron chi connectivity index (χ4n) is 1.92. The molecule has 0 radical (unpaired) electrons. The molecule has 0 heterocycles. The summed E-state index contributed by atoms with van der Waals surface area (Å²) in [6.45, 7) is 0.826. The van der Waals surface area contributed by atoms with Crippen LogP contribution < -0.4 is 5.73 Å². The number of ether oxygens (including phenoxy) is 1. The average Bonchev–Trinajstić information content (AvgIpc) is 2.37. The maximum Gasteiger partial charge on any atom is 0.157 e. The van der Waals surface area contributed by atoms with Crippen LogP contribution in [-0.4, -0.2) is 34.4 Å². The first-order valence-corrected chi connectivity index (χ1v) is 7.79. The highest BCUT2D eigenvalue weighted by Crippen LogP contribution is 2.26. The van der Waals surface area contributed by atoms with Crippen molar-refractivity contribution in [3.05, 3.63) is 35.9 Å². The number of benzene rings is 1. The van der Waals surface area contributed by atoms with E-state index in [4.69, 9.17) is 10.5 Å². The predicted molar refractivity (Wildman–Crippen MR) is 73.1 cm³/mol. The lowest BCUT2D eigenvalue weighted by Gasteiger charge is -2.17. The van der Waals surface area contributed by atoms with Gasteiger partial charge in [-0.1, -0.05) is 30.3 Å². The maximum absolute atomic E-state index is 12.3. The van der Waals surface area contributed by atoms with Crippen LogP contribution in [0.3, 0.4) is 0 Å². The molecule has 18 heavy (non-hydrogen) atoms. The molecule has 0 fully saturated rings. The molecule has 1 aromatic rings. The Morgan fingerprint density at radius 3 is 2.50 bits per heavy atom. The van der Waals surface area contributed by atoms with E-state index in [1.165, 1.54) is 0 Å². The highest BCUT2D eigenvalue weighted by Gasteiger charge is 2.25. The second-order valence-corrected chi connectivity index (χ2v) is 6.49. The van der Waals surface area contributed by atoms with Gasteiger partial charge in [-0.3, -0.25) is 0 Å². The van der Waals surface area contributed by atoms with Crippen molar-refractivity contribution < 1.29 is 13.2 Å². The van der Waals surface area contributed by atoms with Crippen LogP contribution in [0.4, 0.5) is 0 Å². The van der Waals surface area contributed by atoms with Gasteiger partial charge in [-0.05, 0) is 24.9 Å². The van der Waals surface area contributed by atoms with E-state index in [-0.39, 0.29) is 5.75 Å². The maximum atomic E-state index is 12.3. The summed E-state index contributed by atoms with van der Waals surface area (Å²) < 4.78 is 29.5. The van der Waals surface area contributed by atoms with Crippen LogP contribution in [0.1, 0.15) is 23.7 Å². The van der Waals surface area contributed by atoms with E-state index in [2.05, 4.69) is 0 Å². The van der Waals surface area contributed by atoms with Crippen molar-refractivity contribution in [2.45, 2.75) is 18.1 Å². The highest BCUT2D eigenvalue weighted by molar-refractivity contribution is 7.91. The Balaban J connectivity index is 2.84. The van der Waals surface area contributed by atoms with Crippen LogP contribution in [0.15, 0.2) is 30.3 Å². The topological polar surface area (TPSA) is 69.4 Å². The standard InChI is InChI=1S/C13H21NO3S/c1-17-10-5-11-18(15,16)13(8-9-14)12-6-3-2-4-7-12/h2-4,6-7,13H,5,8-11,14H2,1H3. The molecule has 0 aliphatic rings. The van der Waals surface area contributed by atoms with Crippen LogP contribution in [0, 0.1) is 0 Å². The zero-order valence-corrected chi connectivity index (χ0v) is 11.5. The van der Waals surface area contributed by atoms with E-state index < -0.39 is 15.1 Å². The van der Waals surface area contributed by atoms with Crippen molar-refractivity contribution in [3.63, 3.8) is 0 Å². The summed E-state index contributed by atoms with van der Waals surface area (Å²) in [5.74, 6) is 0.139. The van der Waals surface area contributed by atoms with Crippen LogP contribution in [-0.2, 0) is 14.6 Å². The van der Waals surface area contributed by atoms with Gasteiger partial charge >= 0.3 is 0 Å². The lowest BCUT2D eigenvalue weighted by atomic mass is 10.1. The quantitative estimate of drug-likeness (QED) is 0.728. The Bertz CT molecular complexity index is 431. The van der Waals surface area contributed by atoms with E-state index in [0.29, 0.717) is 26.0 Å². The smallest absolute Gasteiger partial charge is 0.157 e. The van der Waals surface area contributed by atoms with Crippen molar-refractivity contribution in [2.24, 2.45) is 5.73 Å². The summed E-state index contributed by atoms with van der Waals surface area (Å²) in [5, 5.41) is -0.499. The van der Waals surface area contributed by atoms with Crippen LogP contribution in [0.5, 0.6) is 0 Å². The molecule has 1 atom stereocenters. The van der Waals surface area contributed by atoms with Gasteiger partial charge in [0.15, 0.2) is 9.84 Å². The number of rotatable bonds is 8. The molecule has 2 N–H and O–H groups in total. The predicted octanol–water partition coefficient (Wildman–Crippen LogP) is 1.53. The van der Waals surface area contributed by atoms with Crippen LogP contribution in [0.2, 0.25) is 0 Å². The Labute approximate surface area is 109 Å². The van der Waals surface area contributed by atoms with Gasteiger partial charge in [-0.25, -0.2) is 8.42 Å². The fraction of sp³-hybridized carbons (Fsp3) is 0.538. The molecule has 0 saturated heterocycles. The number of methoxy groups -OCH3 is 1. The van der Waals surface area contributed by atoms with Gasteiger partial charge < -0.3 is 10.5 Å². The molecule has 0 aliphatic heterocycles. The highest BCUT2D eigenvalue weighted by atomic mass is 32.2. The normalized spacial score (nSPS) is 13.4. The van der Waals surface area contributed by atoms with Crippen LogP contribution >= 0.6 is 0 Å². The van der Waals surface area contributed by atoms with Crippen molar-refractivity contribution in [2.75, 3.05) is 26.0 Å². The van der Waals surface area contributed by atoms with Gasteiger partial charge in [0.1, 0.15) is 0 Å². The average molecular weight is 271 g/mol. The van der Waals surface area contributed by atoms with E-state index in [1.54, 1.807) is 7.11 Å². The van der Waals surface area contributed by atoms with Gasteiger partial charge in [0.25, 0.3) is 0 Å². The van der Waals surface area contributed by atoms with Crippen molar-refractivity contribution in [1.82, 2.24) is 0 Å². The summed E-state index contributed by atoms with van der Waals surface area (Å²) in [5.41, 5.74) is 6.35. The first-order chi connectivity index (χ1) is 8.61. The first-order valence-electron chi connectivity index (χ1n) is 6.07. The molecule has 0 saturated carbocycles. The third kappa shape index (κ3) is 4.40. The molecule has 0 aliphatic carbocycles. The minimum Gasteiger partial charge on any atom is -0.385 e. The molecule has 5 heteroatoms. The molecule has 1 aromatic carbocycles. The largest absolute Gasteiger partial charge is 0.385 e. The van der Waals surface area contributed by atoms with E-state index in [9.17, 15) is 8.42 Å². The second-order valence-electron chi connectivity index (χ2n) is 4.19. The van der Waals surface area contributed by atoms with Crippen molar-refractivity contribution >= 4 is 9.84 Å². The molecular formula is C13H21NO3S. The summed E-state index contributed by atoms with van der Waals surface area (Å²) in [6.07, 6.45) is 0.978. The summed E-state index contributed by atoms with van der Waals surface area (Å²) in [7, 11) is -1.60. The zero-order valence-electron chi connectivity index (χ0n) is 10.7. The van der Waals surface area contributed by atoms with Gasteiger partial charge in [0.2, 0.25) is 0 Å². The fourth-order valence-corrected chi connectivity index (χ4v) is 3.79. The van der Waals surface area contributed by atoms with Gasteiger partial charge in [-0.15, -0.1) is 0 Å². The summed E-state index contributed by atoms with van der Waals surface area (Å²) >= 11 is 0. The Morgan fingerprint density at radius 1 is 1.28 bits per heavy atom. The monoisotopic (exact) mass is 271 g/mol. The van der Waals surface area contributed by atoms with Crippen molar-refractivity contribution in [3.8, 4) is 0 Å². The Kier molecular flexibility index (Phi) is 6.32. The molecule has 102 valence electrons. The van der Waals surface area contributed by atoms with Gasteiger partial charge in [0, 0.05) is 13.7 Å². The summed E-state index contributed by atoms with van der Waals surface area (Å²) in [6, 6.07) is 9.26. The molecular weight excluding hydrogens is 250 g/mol. The molecule has 0 spiro atoms. The number of sulfone groups is 1. The minimum atomic E-state index is -3.17. The molecule has 0 aromatic heterocycles. The van der Waals surface area contributed by atoms with E-state index in [1.807, 2.05) is 30.3 Å². The Hall–Kier alpha value is -0.910. The lowest BCUT2D eigenvalue weighted by Crippen LogP contribution is -2.20.